The van der Waals surface area contributed by atoms with Crippen molar-refractivity contribution in [1.82, 2.24) is 16.0 Å². The van der Waals surface area contributed by atoms with Crippen molar-refractivity contribution in [2.75, 3.05) is 65.9 Å². The Morgan fingerprint density at radius 2 is 0.850 bits per heavy atom. The van der Waals surface area contributed by atoms with Crippen molar-refractivity contribution in [3.8, 4) is 0 Å². The molecule has 0 spiro atoms. The van der Waals surface area contributed by atoms with E-state index in [0.717, 1.165) is 70.6 Å². The van der Waals surface area contributed by atoms with Crippen LogP contribution < -0.4 is 16.0 Å². The summed E-state index contributed by atoms with van der Waals surface area (Å²) >= 11 is 0. The van der Waals surface area contributed by atoms with Crippen molar-refractivity contribution in [3.05, 3.63) is 0 Å². The van der Waals surface area contributed by atoms with Gasteiger partial charge in [-0.2, -0.15) is 0 Å². The van der Waals surface area contributed by atoms with Crippen molar-refractivity contribution in [3.63, 3.8) is 0 Å². The number of ketones is 5. The van der Waals surface area contributed by atoms with E-state index in [0.29, 0.717) is 26.0 Å². The van der Waals surface area contributed by atoms with Crippen LogP contribution in [-0.2, 0) is 71.7 Å². The lowest BCUT2D eigenvalue weighted by Gasteiger charge is -2.17. The van der Waals surface area contributed by atoms with E-state index in [2.05, 4.69) is 16.0 Å². The Hall–Kier alpha value is -4.99. The smallest absolute Gasteiger partial charge is 0.326 e. The maximum absolute atomic E-state index is 12.8. The molecule has 0 rings (SSSR count). The van der Waals surface area contributed by atoms with E-state index in [1.165, 1.54) is 58.3 Å². The fraction of sp³-hybridized carbons (Fsp3) is 0.814. The summed E-state index contributed by atoms with van der Waals surface area (Å²) < 4.78 is 21.5. The molecule has 4 atom stereocenters. The highest BCUT2D eigenvalue weighted by molar-refractivity contribution is 5.89. The Morgan fingerprint density at radius 3 is 1.40 bits per heavy atom. The highest BCUT2D eigenvalue weighted by Gasteiger charge is 2.26. The number of nitrogens with one attached hydrogen (secondary N) is 3. The third-order valence-corrected chi connectivity index (χ3v) is 13.9. The zero-order valence-corrected chi connectivity index (χ0v) is 48.8. The van der Waals surface area contributed by atoms with Crippen LogP contribution in [0.25, 0.3) is 0 Å². The zero-order chi connectivity index (χ0) is 59.6. The van der Waals surface area contributed by atoms with E-state index < -0.39 is 59.8 Å². The second-order valence-corrected chi connectivity index (χ2v) is 21.1. The number of amides is 3. The molecule has 0 aliphatic carbocycles. The molecule has 0 saturated heterocycles. The molecule has 0 bridgehead atoms. The molecule has 3 amide bonds. The molecule has 0 fully saturated rings. The Kier molecular flexibility index (Phi) is 47.8. The van der Waals surface area contributed by atoms with Crippen molar-refractivity contribution in [2.45, 2.75) is 226 Å². The summed E-state index contributed by atoms with van der Waals surface area (Å²) in [5.41, 5.74) is 0. The molecule has 0 aromatic rings. The maximum Gasteiger partial charge on any atom is 0.326 e. The molecule has 0 heterocycles. The summed E-state index contributed by atoms with van der Waals surface area (Å²) in [6.07, 6.45) is 19.9. The highest BCUT2D eigenvalue weighted by Crippen LogP contribution is 2.19. The first-order valence-corrected chi connectivity index (χ1v) is 29.7. The van der Waals surface area contributed by atoms with Gasteiger partial charge in [-0.15, -0.1) is 0 Å². The van der Waals surface area contributed by atoms with E-state index in [1.807, 2.05) is 6.92 Å². The maximum atomic E-state index is 12.8. The minimum absolute atomic E-state index is 0.00730. The molecular formula is C59H101N3O18. The summed E-state index contributed by atoms with van der Waals surface area (Å²) in [7, 11) is 0. The van der Waals surface area contributed by atoms with Gasteiger partial charge in [0.2, 0.25) is 17.7 Å². The van der Waals surface area contributed by atoms with Crippen molar-refractivity contribution < 1.29 is 87.0 Å². The monoisotopic (exact) mass is 1140 g/mol. The van der Waals surface area contributed by atoms with Gasteiger partial charge in [0.1, 0.15) is 42.4 Å². The molecule has 0 saturated carbocycles. The number of hydrogen-bond acceptors (Lipinski definition) is 15. The van der Waals surface area contributed by atoms with E-state index in [9.17, 15) is 63.0 Å². The number of aliphatic carboxylic acids is 3. The average Bonchev–Trinajstić information content (AvgIpc) is 3.40. The molecule has 21 heteroatoms. The van der Waals surface area contributed by atoms with E-state index in [4.69, 9.17) is 24.1 Å². The number of carboxylic acid groups (broad SMARTS) is 3. The summed E-state index contributed by atoms with van der Waals surface area (Å²) in [6, 6.07) is -1.44. The Bertz CT molecular complexity index is 1790. The van der Waals surface area contributed by atoms with Gasteiger partial charge in [0.05, 0.1) is 39.0 Å². The number of rotatable bonds is 59. The van der Waals surface area contributed by atoms with Gasteiger partial charge in [0.25, 0.3) is 0 Å². The van der Waals surface area contributed by atoms with Crippen LogP contribution in [0.15, 0.2) is 0 Å². The molecule has 6 N–H and O–H groups in total. The largest absolute Gasteiger partial charge is 0.481 e. The first kappa shape index (κ1) is 75.0. The van der Waals surface area contributed by atoms with E-state index in [-0.39, 0.29) is 146 Å². The number of unbranched alkanes of at least 4 members (excludes halogenated alkanes) is 16. The molecular weight excluding hydrogens is 1040 g/mol. The molecule has 0 aromatic heterocycles. The summed E-state index contributed by atoms with van der Waals surface area (Å²) in [5.74, 6) is -7.35. The molecule has 0 aliphatic heterocycles. The fourth-order valence-electron chi connectivity index (χ4n) is 8.67. The Morgan fingerprint density at radius 1 is 0.375 bits per heavy atom. The van der Waals surface area contributed by atoms with Crippen LogP contribution in [-0.4, -0.2) is 152 Å². The topological polar surface area (TPSA) is 321 Å². The van der Waals surface area contributed by atoms with Crippen LogP contribution in [0.5, 0.6) is 0 Å². The van der Waals surface area contributed by atoms with Crippen LogP contribution in [0.3, 0.4) is 0 Å². The summed E-state index contributed by atoms with van der Waals surface area (Å²) in [6.45, 7) is 6.61. The van der Waals surface area contributed by atoms with E-state index >= 15 is 0 Å². The highest BCUT2D eigenvalue weighted by atomic mass is 16.5. The molecule has 0 aromatic carbocycles. The Labute approximate surface area is 475 Å². The number of Topliss-reactive ketones (excluding diaryl/α,β-unsaturated/α-hetero) is 5. The first-order valence-electron chi connectivity index (χ1n) is 29.7. The molecule has 0 aliphatic rings. The number of ether oxygens (including phenoxy) is 4. The van der Waals surface area contributed by atoms with Crippen molar-refractivity contribution >= 4 is 64.5 Å². The quantitative estimate of drug-likeness (QED) is 0.0315. The molecule has 80 heavy (non-hydrogen) atoms. The number of hydrogen-bond donors (Lipinski definition) is 6. The van der Waals surface area contributed by atoms with Gasteiger partial charge in [-0.3, -0.25) is 47.9 Å². The van der Waals surface area contributed by atoms with Crippen LogP contribution in [0.1, 0.15) is 220 Å². The SMILES string of the molecule is CC(=O)C(CCC(=O)NC(CCC(=O)CC(CCC(=O)NCCOCCOCC(=O)CCCOCCOCC(=O)NCCCC[C@H](C)C(C)=O)C(=O)O)C(=O)O)CC(=O)CCCCCCCCCCCCCCCCCCC(=O)O. The minimum Gasteiger partial charge on any atom is -0.481 e. The van der Waals surface area contributed by atoms with Crippen molar-refractivity contribution in [1.29, 1.82) is 0 Å². The second-order valence-electron chi connectivity index (χ2n) is 21.1. The predicted octanol–water partition coefficient (Wildman–Crippen LogP) is 7.87. The zero-order valence-electron chi connectivity index (χ0n) is 48.8. The second kappa shape index (κ2) is 50.9. The van der Waals surface area contributed by atoms with Gasteiger partial charge < -0.3 is 50.2 Å². The first-order chi connectivity index (χ1) is 38.3. The third kappa shape index (κ3) is 47.8. The average molecular weight is 1140 g/mol. The lowest BCUT2D eigenvalue weighted by atomic mass is 9.91. The van der Waals surface area contributed by atoms with Gasteiger partial charge >= 0.3 is 17.9 Å². The lowest BCUT2D eigenvalue weighted by molar-refractivity contribution is -0.145. The van der Waals surface area contributed by atoms with E-state index in [1.54, 1.807) is 6.92 Å². The predicted molar refractivity (Wildman–Crippen MR) is 300 cm³/mol. The summed E-state index contributed by atoms with van der Waals surface area (Å²) in [4.78, 5) is 133. The fourth-order valence-corrected chi connectivity index (χ4v) is 8.67. The van der Waals surface area contributed by atoms with Gasteiger partial charge in [0.15, 0.2) is 5.78 Å². The van der Waals surface area contributed by atoms with Crippen LogP contribution in [0.2, 0.25) is 0 Å². The number of carbonyl (C=O) groups excluding carboxylic acids is 8. The Balaban J connectivity index is 4.13. The normalized spacial score (nSPS) is 12.7. The molecule has 21 nitrogen and oxygen atoms in total. The third-order valence-electron chi connectivity index (χ3n) is 13.9. The van der Waals surface area contributed by atoms with Gasteiger partial charge in [-0.1, -0.05) is 103 Å². The molecule has 460 valence electrons. The van der Waals surface area contributed by atoms with Gasteiger partial charge in [0, 0.05) is 82.9 Å². The van der Waals surface area contributed by atoms with Crippen LogP contribution in [0, 0.1) is 17.8 Å². The number of carbonyl (C=O) groups is 11. The standard InChI is InChI=1S/C59H101N3O18/c1-45(46(2)63)23-20-21-33-60-56(70)44-80-40-37-77-35-22-25-52(67)43-79-39-38-78-36-34-61-54(68)31-28-49(58(73)74)42-51(66)29-30-53(59(75)76)62-55(69)32-27-48(47(3)64)41-50(65)24-18-16-14-12-10-8-6-4-5-7-9-11-13-15-17-19-26-57(71)72/h45,48-49,53H,4-44H2,1-3H3,(H,60,70)(H,61,68)(H,62,69)(H,71,72)(H,73,74)(H,75,76)/t45-,48?,49?,53?/m0/s1. The van der Waals surface area contributed by atoms with Gasteiger partial charge in [-0.05, 0) is 65.2 Å². The van der Waals surface area contributed by atoms with Gasteiger partial charge in [-0.25, -0.2) is 4.79 Å². The molecule has 0 radical (unpaired) electrons. The lowest BCUT2D eigenvalue weighted by Crippen LogP contribution is -2.41. The summed E-state index contributed by atoms with van der Waals surface area (Å²) in [5, 5.41) is 35.9. The number of carboxylic acids is 3. The molecule has 3 unspecified atom stereocenters. The van der Waals surface area contributed by atoms with Crippen molar-refractivity contribution in [2.24, 2.45) is 17.8 Å². The minimum atomic E-state index is -1.44. The van der Waals surface area contributed by atoms with Crippen LogP contribution >= 0.6 is 0 Å². The van der Waals surface area contributed by atoms with Crippen LogP contribution in [0.4, 0.5) is 0 Å².